The smallest absolute Gasteiger partial charge is 0.374 e. The van der Waals surface area contributed by atoms with Crippen LogP contribution in [0.1, 0.15) is 62.3 Å². The molecule has 2 rings (SSSR count). The van der Waals surface area contributed by atoms with Gasteiger partial charge in [-0.1, -0.05) is 0 Å². The molecule has 2 aromatic heterocycles. The number of furan rings is 1. The number of aromatic nitrogens is 1. The van der Waals surface area contributed by atoms with E-state index in [0.717, 1.165) is 0 Å². The van der Waals surface area contributed by atoms with Crippen LogP contribution in [-0.4, -0.2) is 28.6 Å². The van der Waals surface area contributed by atoms with E-state index in [4.69, 9.17) is 9.15 Å². The summed E-state index contributed by atoms with van der Waals surface area (Å²) in [6, 6.07) is 3.13. The van der Waals surface area contributed by atoms with Crippen LogP contribution in [0.4, 0.5) is 0 Å². The van der Waals surface area contributed by atoms with Gasteiger partial charge in [0.25, 0.3) is 0 Å². The summed E-state index contributed by atoms with van der Waals surface area (Å²) < 4.78 is 10.3. The van der Waals surface area contributed by atoms with E-state index in [0.29, 0.717) is 22.6 Å². The monoisotopic (exact) mass is 317 g/mol. The van der Waals surface area contributed by atoms with Crippen LogP contribution in [0.2, 0.25) is 0 Å². The minimum atomic E-state index is -0.996. The van der Waals surface area contributed by atoms with Gasteiger partial charge in [-0.3, -0.25) is 9.59 Å². The van der Waals surface area contributed by atoms with Crippen molar-refractivity contribution in [2.45, 2.75) is 40.7 Å². The standard InChI is InChI=1S/C17H19NO5/c1-8-6-7-13(22-8)17(21)23-12(5)16(20)15-9(2)14(11(4)19)10(3)18-15/h6-7,12,18H,1-5H3/t12-/m1/s1. The first-order valence-corrected chi connectivity index (χ1v) is 7.24. The third-order valence-electron chi connectivity index (χ3n) is 3.63. The molecule has 0 unspecified atom stereocenters. The lowest BCUT2D eigenvalue weighted by molar-refractivity contribution is 0.0286. The number of aryl methyl sites for hydroxylation is 2. The first-order chi connectivity index (χ1) is 10.7. The van der Waals surface area contributed by atoms with Crippen LogP contribution in [0.5, 0.6) is 0 Å². The summed E-state index contributed by atoms with van der Waals surface area (Å²) in [5, 5.41) is 0. The van der Waals surface area contributed by atoms with Crippen LogP contribution in [0.15, 0.2) is 16.5 Å². The fourth-order valence-corrected chi connectivity index (χ4v) is 2.54. The highest BCUT2D eigenvalue weighted by molar-refractivity contribution is 6.05. The minimum Gasteiger partial charge on any atom is -0.454 e. The van der Waals surface area contributed by atoms with Crippen LogP contribution in [0.25, 0.3) is 0 Å². The van der Waals surface area contributed by atoms with Gasteiger partial charge in [0, 0.05) is 11.3 Å². The number of hydrogen-bond acceptors (Lipinski definition) is 5. The molecular formula is C17H19NO5. The maximum absolute atomic E-state index is 12.5. The Bertz CT molecular complexity index is 781. The summed E-state index contributed by atoms with van der Waals surface area (Å²) in [6.07, 6.45) is -0.996. The summed E-state index contributed by atoms with van der Waals surface area (Å²) in [4.78, 5) is 38.9. The van der Waals surface area contributed by atoms with Crippen LogP contribution in [0, 0.1) is 20.8 Å². The highest BCUT2D eigenvalue weighted by Crippen LogP contribution is 2.21. The largest absolute Gasteiger partial charge is 0.454 e. The molecular weight excluding hydrogens is 298 g/mol. The Labute approximate surface area is 133 Å². The first kappa shape index (κ1) is 16.7. The van der Waals surface area contributed by atoms with Crippen LogP contribution in [-0.2, 0) is 4.74 Å². The Kier molecular flexibility index (Phi) is 4.54. The Balaban J connectivity index is 2.19. The number of carbonyl (C=O) groups is 3. The van der Waals surface area contributed by atoms with Crippen molar-refractivity contribution in [3.8, 4) is 0 Å². The van der Waals surface area contributed by atoms with Crippen LogP contribution < -0.4 is 0 Å². The summed E-state index contributed by atoms with van der Waals surface area (Å²) >= 11 is 0. The van der Waals surface area contributed by atoms with Gasteiger partial charge in [-0.15, -0.1) is 0 Å². The molecule has 0 aromatic carbocycles. The average molecular weight is 317 g/mol. The number of esters is 1. The van der Waals surface area contributed by atoms with E-state index in [9.17, 15) is 14.4 Å². The van der Waals surface area contributed by atoms with Crippen molar-refractivity contribution < 1.29 is 23.5 Å². The predicted octanol–water partition coefficient (Wildman–Crippen LogP) is 3.16. The second-order valence-electron chi connectivity index (χ2n) is 5.50. The maximum Gasteiger partial charge on any atom is 0.374 e. The van der Waals surface area contributed by atoms with Crippen molar-refractivity contribution in [3.63, 3.8) is 0 Å². The van der Waals surface area contributed by atoms with Crippen molar-refractivity contribution >= 4 is 17.5 Å². The number of H-pyrrole nitrogens is 1. The summed E-state index contributed by atoms with van der Waals surface area (Å²) in [5.74, 6) is -0.587. The second kappa shape index (κ2) is 6.24. The molecule has 6 heteroatoms. The SMILES string of the molecule is CC(=O)c1c(C)[nH]c(C(=O)[C@@H](C)OC(=O)c2ccc(C)o2)c1C. The number of rotatable bonds is 5. The molecule has 2 aromatic rings. The molecule has 0 saturated carbocycles. The molecule has 0 saturated heterocycles. The molecule has 0 aliphatic carbocycles. The van der Waals surface area contributed by atoms with E-state index < -0.39 is 17.9 Å². The summed E-state index contributed by atoms with van der Waals surface area (Å²) in [7, 11) is 0. The van der Waals surface area contributed by atoms with Crippen molar-refractivity contribution in [1.82, 2.24) is 4.98 Å². The van der Waals surface area contributed by atoms with Gasteiger partial charge in [-0.2, -0.15) is 0 Å². The lowest BCUT2D eigenvalue weighted by Crippen LogP contribution is -2.25. The van der Waals surface area contributed by atoms with Gasteiger partial charge >= 0.3 is 5.97 Å². The number of ketones is 2. The fraction of sp³-hybridized carbons (Fsp3) is 0.353. The number of ether oxygens (including phenoxy) is 1. The average Bonchev–Trinajstić information content (AvgIpc) is 3.01. The predicted molar refractivity (Wildman–Crippen MR) is 82.9 cm³/mol. The third-order valence-corrected chi connectivity index (χ3v) is 3.63. The van der Waals surface area contributed by atoms with Crippen molar-refractivity contribution in [2.75, 3.05) is 0 Å². The van der Waals surface area contributed by atoms with Gasteiger partial charge in [0.05, 0.1) is 5.69 Å². The van der Waals surface area contributed by atoms with E-state index in [1.54, 1.807) is 26.8 Å². The molecule has 2 heterocycles. The van der Waals surface area contributed by atoms with E-state index >= 15 is 0 Å². The summed E-state index contributed by atoms with van der Waals surface area (Å²) in [5.41, 5.74) is 1.97. The lowest BCUT2D eigenvalue weighted by Gasteiger charge is -2.11. The molecule has 0 aliphatic heterocycles. The molecule has 0 bridgehead atoms. The molecule has 0 radical (unpaired) electrons. The van der Waals surface area contributed by atoms with Gasteiger partial charge in [0.1, 0.15) is 5.76 Å². The normalized spacial score (nSPS) is 12.0. The first-order valence-electron chi connectivity index (χ1n) is 7.24. The zero-order chi connectivity index (χ0) is 17.3. The molecule has 0 amide bonds. The second-order valence-corrected chi connectivity index (χ2v) is 5.50. The maximum atomic E-state index is 12.5. The minimum absolute atomic E-state index is 0.0472. The van der Waals surface area contributed by atoms with Crippen molar-refractivity contribution in [1.29, 1.82) is 0 Å². The molecule has 1 N–H and O–H groups in total. The Morgan fingerprint density at radius 3 is 2.30 bits per heavy atom. The Morgan fingerprint density at radius 2 is 1.83 bits per heavy atom. The van der Waals surface area contributed by atoms with E-state index in [1.807, 2.05) is 0 Å². The Hall–Kier alpha value is -2.63. The molecule has 1 atom stereocenters. The van der Waals surface area contributed by atoms with Crippen molar-refractivity contribution in [3.05, 3.63) is 46.2 Å². The van der Waals surface area contributed by atoms with Gasteiger partial charge < -0.3 is 14.1 Å². The highest BCUT2D eigenvalue weighted by atomic mass is 16.6. The molecule has 0 spiro atoms. The molecule has 0 aliphatic rings. The zero-order valence-electron chi connectivity index (χ0n) is 13.8. The van der Waals surface area contributed by atoms with Gasteiger partial charge in [0.15, 0.2) is 11.9 Å². The number of carbonyl (C=O) groups excluding carboxylic acids is 3. The van der Waals surface area contributed by atoms with E-state index in [1.165, 1.54) is 19.9 Å². The van der Waals surface area contributed by atoms with Gasteiger partial charge in [-0.05, 0) is 52.3 Å². The Morgan fingerprint density at radius 1 is 1.17 bits per heavy atom. The van der Waals surface area contributed by atoms with Crippen LogP contribution >= 0.6 is 0 Å². The van der Waals surface area contributed by atoms with Gasteiger partial charge in [-0.25, -0.2) is 4.79 Å². The molecule has 122 valence electrons. The quantitative estimate of drug-likeness (QED) is 0.676. The zero-order valence-corrected chi connectivity index (χ0v) is 13.8. The molecule has 6 nitrogen and oxygen atoms in total. The number of aromatic amines is 1. The third kappa shape index (κ3) is 3.26. The molecule has 0 fully saturated rings. The highest BCUT2D eigenvalue weighted by Gasteiger charge is 2.27. The number of Topliss-reactive ketones (excluding diaryl/α,β-unsaturated/α-hetero) is 2. The van der Waals surface area contributed by atoms with Crippen molar-refractivity contribution in [2.24, 2.45) is 0 Å². The fourth-order valence-electron chi connectivity index (χ4n) is 2.54. The number of nitrogens with one attached hydrogen (secondary N) is 1. The topological polar surface area (TPSA) is 89.4 Å². The van der Waals surface area contributed by atoms with Crippen LogP contribution in [0.3, 0.4) is 0 Å². The van der Waals surface area contributed by atoms with E-state index in [-0.39, 0.29) is 17.2 Å². The molecule has 23 heavy (non-hydrogen) atoms. The summed E-state index contributed by atoms with van der Waals surface area (Å²) in [6.45, 7) is 8.06. The number of hydrogen-bond donors (Lipinski definition) is 1. The lowest BCUT2D eigenvalue weighted by atomic mass is 10.0. The van der Waals surface area contributed by atoms with Gasteiger partial charge in [0.2, 0.25) is 11.5 Å². The van der Waals surface area contributed by atoms with E-state index in [2.05, 4.69) is 4.98 Å².